The number of aromatic nitrogens is 3. The van der Waals surface area contributed by atoms with E-state index < -0.39 is 11.7 Å². The van der Waals surface area contributed by atoms with Crippen LogP contribution >= 0.6 is 0 Å². The predicted octanol–water partition coefficient (Wildman–Crippen LogP) is 4.66. The van der Waals surface area contributed by atoms with E-state index in [0.717, 1.165) is 44.0 Å². The molecule has 1 N–H and O–H groups in total. The molecule has 35 heavy (non-hydrogen) atoms. The Morgan fingerprint density at radius 2 is 1.63 bits per heavy atom. The summed E-state index contributed by atoms with van der Waals surface area (Å²) in [5, 5.41) is 4.04. The number of hydrogen-bond donors (Lipinski definition) is 1. The molecule has 6 rings (SSSR count). The van der Waals surface area contributed by atoms with E-state index in [1.807, 2.05) is 55.5 Å². The van der Waals surface area contributed by atoms with Gasteiger partial charge in [0.15, 0.2) is 0 Å². The van der Waals surface area contributed by atoms with Gasteiger partial charge in [-0.1, -0.05) is 48.0 Å². The highest BCUT2D eigenvalue weighted by Crippen LogP contribution is 2.45. The molecule has 0 amide bonds. The van der Waals surface area contributed by atoms with Crippen molar-refractivity contribution >= 4 is 16.6 Å². The Morgan fingerprint density at radius 3 is 2.37 bits per heavy atom. The molecule has 3 aromatic carbocycles. The van der Waals surface area contributed by atoms with Crippen molar-refractivity contribution in [1.82, 2.24) is 13.7 Å². The van der Waals surface area contributed by atoms with Gasteiger partial charge in [0.25, 0.3) is 5.56 Å². The Labute approximate surface area is 200 Å². The second kappa shape index (κ2) is 7.56. The highest BCUT2D eigenvalue weighted by Gasteiger charge is 2.34. The molecule has 0 aliphatic carbocycles. The Bertz CT molecular complexity index is 1760. The van der Waals surface area contributed by atoms with Crippen molar-refractivity contribution in [3.05, 3.63) is 116 Å². The fourth-order valence-corrected chi connectivity index (χ4v) is 5.19. The topological polar surface area (TPSA) is 61.0 Å². The first-order valence-corrected chi connectivity index (χ1v) is 11.4. The summed E-state index contributed by atoms with van der Waals surface area (Å²) < 4.78 is 18.6. The van der Waals surface area contributed by atoms with Crippen LogP contribution in [0.3, 0.4) is 0 Å². The Kier molecular flexibility index (Phi) is 4.57. The van der Waals surface area contributed by atoms with Crippen LogP contribution in [0.1, 0.15) is 22.9 Å². The van der Waals surface area contributed by atoms with Crippen LogP contribution in [0.15, 0.2) is 82.4 Å². The fraction of sp³-hybridized carbons (Fsp3) is 0.143. The zero-order valence-corrected chi connectivity index (χ0v) is 19.5. The lowest BCUT2D eigenvalue weighted by Gasteiger charge is -2.31. The largest absolute Gasteiger partial charge is 0.371 e. The zero-order chi connectivity index (χ0) is 24.4. The average Bonchev–Trinajstić information content (AvgIpc) is 3.23. The third-order valence-electron chi connectivity index (χ3n) is 6.82. The van der Waals surface area contributed by atoms with Crippen molar-refractivity contribution in [2.45, 2.75) is 13.0 Å². The van der Waals surface area contributed by atoms with Crippen molar-refractivity contribution in [2.75, 3.05) is 5.32 Å². The van der Waals surface area contributed by atoms with E-state index in [2.05, 4.69) is 9.88 Å². The summed E-state index contributed by atoms with van der Waals surface area (Å²) in [5.41, 5.74) is 5.83. The van der Waals surface area contributed by atoms with Gasteiger partial charge < -0.3 is 9.88 Å². The van der Waals surface area contributed by atoms with Gasteiger partial charge in [0.1, 0.15) is 5.82 Å². The number of para-hydroxylation sites is 2. The number of aryl methyl sites for hydroxylation is 2. The number of rotatable bonds is 2. The maximum Gasteiger partial charge on any atom is 0.331 e. The Balaban J connectivity index is 1.86. The van der Waals surface area contributed by atoms with Crippen LogP contribution in [0.25, 0.3) is 27.8 Å². The van der Waals surface area contributed by atoms with Gasteiger partial charge in [-0.2, -0.15) is 0 Å². The second-order valence-corrected chi connectivity index (χ2v) is 9.01. The molecular formula is C28H23FN4O2. The molecule has 0 bridgehead atoms. The summed E-state index contributed by atoms with van der Waals surface area (Å²) in [4.78, 5) is 26.7. The first kappa shape index (κ1) is 21.2. The molecule has 6 nitrogen and oxygen atoms in total. The minimum Gasteiger partial charge on any atom is -0.371 e. The lowest BCUT2D eigenvalue weighted by molar-refractivity contribution is 0.626. The highest BCUT2D eigenvalue weighted by atomic mass is 19.1. The number of fused-ring (bicyclic) bond motifs is 5. The van der Waals surface area contributed by atoms with Crippen LogP contribution in [0.2, 0.25) is 0 Å². The number of nitrogens with zero attached hydrogens (tertiary/aromatic N) is 3. The van der Waals surface area contributed by atoms with E-state index in [1.54, 1.807) is 19.2 Å². The van der Waals surface area contributed by atoms with E-state index in [-0.39, 0.29) is 11.4 Å². The number of benzene rings is 3. The molecule has 7 heteroatoms. The lowest BCUT2D eigenvalue weighted by Crippen LogP contribution is -2.37. The van der Waals surface area contributed by atoms with E-state index >= 15 is 0 Å². The van der Waals surface area contributed by atoms with Gasteiger partial charge >= 0.3 is 5.69 Å². The van der Waals surface area contributed by atoms with E-state index in [1.165, 1.54) is 23.7 Å². The molecule has 174 valence electrons. The van der Waals surface area contributed by atoms with E-state index in [0.29, 0.717) is 10.9 Å². The van der Waals surface area contributed by atoms with Gasteiger partial charge in [-0.3, -0.25) is 13.9 Å². The summed E-state index contributed by atoms with van der Waals surface area (Å²) in [6.45, 7) is 2.01. The van der Waals surface area contributed by atoms with Gasteiger partial charge in [0.2, 0.25) is 0 Å². The second-order valence-electron chi connectivity index (χ2n) is 9.01. The molecule has 0 fully saturated rings. The van der Waals surface area contributed by atoms with Crippen molar-refractivity contribution in [2.24, 2.45) is 14.1 Å². The third kappa shape index (κ3) is 3.01. The lowest BCUT2D eigenvalue weighted by atomic mass is 9.99. The van der Waals surface area contributed by atoms with Gasteiger partial charge in [-0.25, -0.2) is 9.18 Å². The van der Waals surface area contributed by atoms with Crippen LogP contribution in [-0.2, 0) is 14.1 Å². The van der Waals surface area contributed by atoms with Gasteiger partial charge in [-0.05, 0) is 48.4 Å². The maximum atomic E-state index is 13.8. The van der Waals surface area contributed by atoms with Gasteiger partial charge in [0, 0.05) is 14.1 Å². The Morgan fingerprint density at radius 1 is 0.886 bits per heavy atom. The van der Waals surface area contributed by atoms with Gasteiger partial charge in [0.05, 0.1) is 39.7 Å². The normalized spacial score (nSPS) is 14.5. The molecule has 0 saturated heterocycles. The van der Waals surface area contributed by atoms with Crippen molar-refractivity contribution in [1.29, 1.82) is 0 Å². The maximum absolute atomic E-state index is 13.8. The molecule has 0 saturated carbocycles. The number of hydrogen-bond acceptors (Lipinski definition) is 3. The minimum absolute atomic E-state index is 0.327. The smallest absolute Gasteiger partial charge is 0.331 e. The van der Waals surface area contributed by atoms with E-state index in [4.69, 9.17) is 0 Å². The molecule has 0 spiro atoms. The molecule has 3 heterocycles. The minimum atomic E-state index is -0.413. The first-order valence-electron chi connectivity index (χ1n) is 11.4. The summed E-state index contributed by atoms with van der Waals surface area (Å²) in [6, 6.07) is 21.8. The van der Waals surface area contributed by atoms with Crippen molar-refractivity contribution < 1.29 is 4.39 Å². The first-order chi connectivity index (χ1) is 16.9. The van der Waals surface area contributed by atoms with Crippen molar-refractivity contribution in [3.8, 4) is 16.9 Å². The molecule has 0 radical (unpaired) electrons. The number of anilines is 1. The molecule has 0 unspecified atom stereocenters. The third-order valence-corrected chi connectivity index (χ3v) is 6.82. The van der Waals surface area contributed by atoms with Crippen molar-refractivity contribution in [3.63, 3.8) is 0 Å². The van der Waals surface area contributed by atoms with E-state index in [9.17, 15) is 14.0 Å². The molecule has 5 aromatic rings. The van der Waals surface area contributed by atoms with Crippen LogP contribution in [0.5, 0.6) is 0 Å². The fourth-order valence-electron chi connectivity index (χ4n) is 5.19. The molecule has 1 aliphatic heterocycles. The number of halogens is 1. The van der Waals surface area contributed by atoms with Crippen LogP contribution < -0.4 is 16.6 Å². The molecule has 2 aromatic heterocycles. The summed E-state index contributed by atoms with van der Waals surface area (Å²) in [6.07, 6.45) is 0. The quantitative estimate of drug-likeness (QED) is 0.412. The van der Waals surface area contributed by atoms with Crippen LogP contribution in [-0.4, -0.2) is 13.7 Å². The number of nitrogens with one attached hydrogen (secondary N) is 1. The molecule has 1 atom stereocenters. The van der Waals surface area contributed by atoms with Gasteiger partial charge in [-0.15, -0.1) is 0 Å². The average molecular weight is 467 g/mol. The van der Waals surface area contributed by atoms with Crippen LogP contribution in [0, 0.1) is 12.7 Å². The van der Waals surface area contributed by atoms with Crippen LogP contribution in [0.4, 0.5) is 10.1 Å². The summed E-state index contributed by atoms with van der Waals surface area (Å²) in [5.74, 6) is -0.327. The highest BCUT2D eigenvalue weighted by molar-refractivity contribution is 5.99. The summed E-state index contributed by atoms with van der Waals surface area (Å²) >= 11 is 0. The molecule has 1 aliphatic rings. The monoisotopic (exact) mass is 466 g/mol. The SMILES string of the molecule is Cc1cccc(-c2c3c(=O)n(C)c(=O)n(C)c3c3n2-c2ccccc2N[C@@H]3c2ccc(F)cc2)c1. The Hall–Kier alpha value is -4.39. The predicted molar refractivity (Wildman–Crippen MR) is 136 cm³/mol. The summed E-state index contributed by atoms with van der Waals surface area (Å²) in [7, 11) is 3.19. The zero-order valence-electron chi connectivity index (χ0n) is 19.5. The molecular weight excluding hydrogens is 443 g/mol. The standard InChI is InChI=1S/C28H23FN4O2/c1-16-7-6-8-18(15-16)24-22-25(31(2)28(35)32(3)27(22)34)26-23(17-11-13-19(29)14-12-17)30-20-9-4-5-10-21(20)33(24)26/h4-15,23,30H,1-3H3/t23-/m1/s1.